The molecule has 0 spiro atoms. The fourth-order valence-electron chi connectivity index (χ4n) is 2.89. The van der Waals surface area contributed by atoms with Gasteiger partial charge in [0.25, 0.3) is 5.91 Å². The SMILES string of the molecule is CCc1ccc(C(=O)N2C[C@H](NC(C)=O)[C@@H](C(=O)NC)C2)cc1. The van der Waals surface area contributed by atoms with Gasteiger partial charge in [-0.2, -0.15) is 0 Å². The Bertz CT molecular complexity index is 598. The second-order valence-corrected chi connectivity index (χ2v) is 5.79. The molecule has 6 nitrogen and oxygen atoms in total. The highest BCUT2D eigenvalue weighted by Crippen LogP contribution is 2.20. The number of likely N-dealkylation sites (tertiary alicyclic amines) is 1. The fraction of sp³-hybridized carbons (Fsp3) is 0.471. The summed E-state index contributed by atoms with van der Waals surface area (Å²) in [5, 5.41) is 5.36. The third-order valence-electron chi connectivity index (χ3n) is 4.19. The summed E-state index contributed by atoms with van der Waals surface area (Å²) in [5.74, 6) is -0.914. The van der Waals surface area contributed by atoms with Gasteiger partial charge in [0.05, 0.1) is 12.0 Å². The lowest BCUT2D eigenvalue weighted by atomic mass is 10.0. The van der Waals surface area contributed by atoms with Crippen LogP contribution in [0.15, 0.2) is 24.3 Å². The predicted octanol–water partition coefficient (Wildman–Crippen LogP) is 0.572. The van der Waals surface area contributed by atoms with Crippen LogP contribution in [-0.4, -0.2) is 48.8 Å². The van der Waals surface area contributed by atoms with Crippen LogP contribution in [0.1, 0.15) is 29.8 Å². The number of carbonyl (C=O) groups excluding carboxylic acids is 3. The first-order chi connectivity index (χ1) is 11.0. The van der Waals surface area contributed by atoms with Crippen molar-refractivity contribution in [3.8, 4) is 0 Å². The number of aryl methyl sites for hydroxylation is 1. The molecule has 2 atom stereocenters. The average molecular weight is 317 g/mol. The van der Waals surface area contributed by atoms with E-state index in [1.54, 1.807) is 11.9 Å². The number of nitrogens with one attached hydrogen (secondary N) is 2. The van der Waals surface area contributed by atoms with Crippen molar-refractivity contribution in [3.63, 3.8) is 0 Å². The normalized spacial score (nSPS) is 20.2. The molecule has 1 saturated heterocycles. The van der Waals surface area contributed by atoms with Crippen LogP contribution in [-0.2, 0) is 16.0 Å². The molecular formula is C17H23N3O3. The van der Waals surface area contributed by atoms with E-state index in [0.717, 1.165) is 6.42 Å². The summed E-state index contributed by atoms with van der Waals surface area (Å²) in [6.45, 7) is 4.11. The van der Waals surface area contributed by atoms with Gasteiger partial charge in [0.2, 0.25) is 11.8 Å². The summed E-state index contributed by atoms with van der Waals surface area (Å²) in [7, 11) is 1.56. The summed E-state index contributed by atoms with van der Waals surface area (Å²) in [6.07, 6.45) is 0.918. The van der Waals surface area contributed by atoms with Gasteiger partial charge in [-0.15, -0.1) is 0 Å². The molecule has 0 aliphatic carbocycles. The van der Waals surface area contributed by atoms with E-state index < -0.39 is 5.92 Å². The molecule has 1 aromatic rings. The van der Waals surface area contributed by atoms with E-state index >= 15 is 0 Å². The van der Waals surface area contributed by atoms with Crippen LogP contribution in [0.2, 0.25) is 0 Å². The van der Waals surface area contributed by atoms with Crippen LogP contribution in [0.4, 0.5) is 0 Å². The molecule has 124 valence electrons. The summed E-state index contributed by atoms with van der Waals surface area (Å²) in [5.41, 5.74) is 1.77. The van der Waals surface area contributed by atoms with E-state index in [9.17, 15) is 14.4 Å². The Morgan fingerprint density at radius 1 is 1.17 bits per heavy atom. The molecule has 0 saturated carbocycles. The lowest BCUT2D eigenvalue weighted by Gasteiger charge is -2.17. The molecule has 2 rings (SSSR count). The molecule has 0 radical (unpaired) electrons. The highest BCUT2D eigenvalue weighted by Gasteiger charge is 2.39. The first kappa shape index (κ1) is 17.0. The lowest BCUT2D eigenvalue weighted by Crippen LogP contribution is -2.44. The Kier molecular flexibility index (Phi) is 5.36. The van der Waals surface area contributed by atoms with Crippen molar-refractivity contribution in [2.24, 2.45) is 5.92 Å². The van der Waals surface area contributed by atoms with Crippen molar-refractivity contribution >= 4 is 17.7 Å². The molecule has 2 N–H and O–H groups in total. The van der Waals surface area contributed by atoms with Gasteiger partial charge in [-0.1, -0.05) is 19.1 Å². The molecule has 6 heteroatoms. The topological polar surface area (TPSA) is 78.5 Å². The Balaban J connectivity index is 2.14. The number of nitrogens with zero attached hydrogens (tertiary/aromatic N) is 1. The number of amides is 3. The van der Waals surface area contributed by atoms with Gasteiger partial charge in [-0.05, 0) is 24.1 Å². The van der Waals surface area contributed by atoms with Gasteiger partial charge in [0.15, 0.2) is 0 Å². The van der Waals surface area contributed by atoms with Crippen LogP contribution in [0.3, 0.4) is 0 Å². The van der Waals surface area contributed by atoms with Gasteiger partial charge >= 0.3 is 0 Å². The summed E-state index contributed by atoms with van der Waals surface area (Å²) >= 11 is 0. The predicted molar refractivity (Wildman–Crippen MR) is 86.9 cm³/mol. The number of carbonyl (C=O) groups is 3. The van der Waals surface area contributed by atoms with E-state index in [4.69, 9.17) is 0 Å². The Hall–Kier alpha value is -2.37. The van der Waals surface area contributed by atoms with Crippen molar-refractivity contribution in [2.45, 2.75) is 26.3 Å². The van der Waals surface area contributed by atoms with Gasteiger partial charge in [0.1, 0.15) is 0 Å². The van der Waals surface area contributed by atoms with Crippen molar-refractivity contribution in [1.82, 2.24) is 15.5 Å². The van der Waals surface area contributed by atoms with E-state index in [-0.39, 0.29) is 23.8 Å². The molecular weight excluding hydrogens is 294 g/mol. The molecule has 3 amide bonds. The molecule has 1 fully saturated rings. The quantitative estimate of drug-likeness (QED) is 0.852. The zero-order valence-corrected chi connectivity index (χ0v) is 13.8. The Morgan fingerprint density at radius 3 is 2.35 bits per heavy atom. The van der Waals surface area contributed by atoms with E-state index in [0.29, 0.717) is 18.7 Å². The summed E-state index contributed by atoms with van der Waals surface area (Å²) < 4.78 is 0. The third-order valence-corrected chi connectivity index (χ3v) is 4.19. The van der Waals surface area contributed by atoms with Gasteiger partial charge in [0, 0.05) is 32.6 Å². The maximum Gasteiger partial charge on any atom is 0.253 e. The number of hydrogen-bond acceptors (Lipinski definition) is 3. The van der Waals surface area contributed by atoms with Crippen molar-refractivity contribution in [2.75, 3.05) is 20.1 Å². The van der Waals surface area contributed by atoms with Crippen molar-refractivity contribution in [3.05, 3.63) is 35.4 Å². The van der Waals surface area contributed by atoms with Crippen LogP contribution in [0, 0.1) is 5.92 Å². The highest BCUT2D eigenvalue weighted by molar-refractivity contribution is 5.95. The van der Waals surface area contributed by atoms with Gasteiger partial charge in [-0.3, -0.25) is 14.4 Å². The lowest BCUT2D eigenvalue weighted by molar-refractivity contribution is -0.125. The third kappa shape index (κ3) is 3.88. The average Bonchev–Trinajstić information content (AvgIpc) is 2.96. The number of hydrogen-bond donors (Lipinski definition) is 2. The highest BCUT2D eigenvalue weighted by atomic mass is 16.2. The molecule has 0 aromatic heterocycles. The first-order valence-electron chi connectivity index (χ1n) is 7.83. The monoisotopic (exact) mass is 317 g/mol. The molecule has 1 aromatic carbocycles. The minimum absolute atomic E-state index is 0.116. The Labute approximate surface area is 136 Å². The second kappa shape index (κ2) is 7.26. The van der Waals surface area contributed by atoms with Crippen molar-refractivity contribution < 1.29 is 14.4 Å². The Morgan fingerprint density at radius 2 is 1.83 bits per heavy atom. The minimum atomic E-state index is -0.428. The number of rotatable bonds is 4. The van der Waals surface area contributed by atoms with Crippen LogP contribution < -0.4 is 10.6 Å². The zero-order valence-electron chi connectivity index (χ0n) is 13.8. The van der Waals surface area contributed by atoms with Crippen molar-refractivity contribution in [1.29, 1.82) is 0 Å². The smallest absolute Gasteiger partial charge is 0.253 e. The maximum absolute atomic E-state index is 12.6. The van der Waals surface area contributed by atoms with E-state index in [1.807, 2.05) is 24.3 Å². The molecule has 0 unspecified atom stereocenters. The maximum atomic E-state index is 12.6. The largest absolute Gasteiger partial charge is 0.359 e. The summed E-state index contributed by atoms with van der Waals surface area (Å²) in [4.78, 5) is 37.6. The second-order valence-electron chi connectivity index (χ2n) is 5.79. The fourth-order valence-corrected chi connectivity index (χ4v) is 2.89. The van der Waals surface area contributed by atoms with Gasteiger partial charge < -0.3 is 15.5 Å². The molecule has 1 heterocycles. The zero-order chi connectivity index (χ0) is 17.0. The van der Waals surface area contributed by atoms with Crippen LogP contribution in [0.5, 0.6) is 0 Å². The number of benzene rings is 1. The molecule has 0 bridgehead atoms. The first-order valence-corrected chi connectivity index (χ1v) is 7.83. The molecule has 1 aliphatic rings. The summed E-state index contributed by atoms with van der Waals surface area (Å²) in [6, 6.07) is 7.13. The minimum Gasteiger partial charge on any atom is -0.359 e. The van der Waals surface area contributed by atoms with E-state index in [1.165, 1.54) is 12.5 Å². The van der Waals surface area contributed by atoms with E-state index in [2.05, 4.69) is 17.6 Å². The standard InChI is InChI=1S/C17H23N3O3/c1-4-12-5-7-13(8-6-12)17(23)20-9-14(16(22)18-3)15(10-20)19-11(2)21/h5-8,14-15H,4,9-10H2,1-3H3,(H,18,22)(H,19,21)/t14-,15-/m0/s1. The molecule has 23 heavy (non-hydrogen) atoms. The van der Waals surface area contributed by atoms with Crippen LogP contribution in [0.25, 0.3) is 0 Å². The molecule has 1 aliphatic heterocycles. The van der Waals surface area contributed by atoms with Gasteiger partial charge in [-0.25, -0.2) is 0 Å². The van der Waals surface area contributed by atoms with Crippen LogP contribution >= 0.6 is 0 Å².